The molecule has 0 aliphatic heterocycles. The predicted molar refractivity (Wildman–Crippen MR) is 47.0 cm³/mol. The van der Waals surface area contributed by atoms with Crippen LogP contribution in [-0.2, 0) is 19.0 Å². The first kappa shape index (κ1) is 12.3. The standard InChI is InChI=1S/C8H17NO4/c1-11-7(10)5-4-6(9)8(12-2)13-3/h6,8H,4-5,9H2,1-3H3. The second kappa shape index (κ2) is 6.82. The first-order valence-corrected chi connectivity index (χ1v) is 4.03. The summed E-state index contributed by atoms with van der Waals surface area (Å²) in [6, 6.07) is -0.311. The summed E-state index contributed by atoms with van der Waals surface area (Å²) in [5, 5.41) is 0. The lowest BCUT2D eigenvalue weighted by atomic mass is 10.1. The first-order valence-electron chi connectivity index (χ1n) is 4.03. The molecule has 0 radical (unpaired) electrons. The Morgan fingerprint density at radius 3 is 2.23 bits per heavy atom. The summed E-state index contributed by atoms with van der Waals surface area (Å²) in [5.41, 5.74) is 5.68. The third-order valence-corrected chi connectivity index (χ3v) is 1.72. The van der Waals surface area contributed by atoms with Crippen LogP contribution in [0, 0.1) is 0 Å². The lowest BCUT2D eigenvalue weighted by molar-refractivity contribution is -0.142. The molecule has 0 aromatic carbocycles. The number of carbonyl (C=O) groups excluding carboxylic acids is 1. The van der Waals surface area contributed by atoms with E-state index in [1.165, 1.54) is 21.3 Å². The van der Waals surface area contributed by atoms with Crippen LogP contribution in [0.1, 0.15) is 12.8 Å². The maximum absolute atomic E-state index is 10.8. The van der Waals surface area contributed by atoms with Crippen LogP contribution < -0.4 is 5.73 Å². The molecular weight excluding hydrogens is 174 g/mol. The third kappa shape index (κ3) is 4.82. The van der Waals surface area contributed by atoms with Crippen molar-refractivity contribution in [2.24, 2.45) is 5.73 Å². The van der Waals surface area contributed by atoms with Crippen LogP contribution in [0.25, 0.3) is 0 Å². The van der Waals surface area contributed by atoms with Crippen molar-refractivity contribution < 1.29 is 19.0 Å². The average molecular weight is 191 g/mol. The van der Waals surface area contributed by atoms with E-state index >= 15 is 0 Å². The Morgan fingerprint density at radius 1 is 1.31 bits per heavy atom. The second-order valence-corrected chi connectivity index (χ2v) is 2.62. The van der Waals surface area contributed by atoms with Crippen molar-refractivity contribution in [2.45, 2.75) is 25.2 Å². The number of esters is 1. The fourth-order valence-corrected chi connectivity index (χ4v) is 0.968. The summed E-state index contributed by atoms with van der Waals surface area (Å²) in [6.45, 7) is 0. The van der Waals surface area contributed by atoms with Crippen molar-refractivity contribution in [2.75, 3.05) is 21.3 Å². The van der Waals surface area contributed by atoms with Crippen LogP contribution in [0.4, 0.5) is 0 Å². The molecule has 0 spiro atoms. The van der Waals surface area contributed by atoms with Gasteiger partial charge in [-0.05, 0) is 6.42 Å². The highest BCUT2D eigenvalue weighted by Gasteiger charge is 2.17. The third-order valence-electron chi connectivity index (χ3n) is 1.72. The van der Waals surface area contributed by atoms with Crippen molar-refractivity contribution in [1.82, 2.24) is 0 Å². The summed E-state index contributed by atoms with van der Waals surface area (Å²) in [6.07, 6.45) is 0.296. The van der Waals surface area contributed by atoms with Gasteiger partial charge in [0, 0.05) is 20.6 Å². The topological polar surface area (TPSA) is 70.8 Å². The lowest BCUT2D eigenvalue weighted by Crippen LogP contribution is -2.37. The van der Waals surface area contributed by atoms with Gasteiger partial charge in [-0.15, -0.1) is 0 Å². The highest BCUT2D eigenvalue weighted by molar-refractivity contribution is 5.69. The van der Waals surface area contributed by atoms with Crippen LogP contribution in [-0.4, -0.2) is 39.6 Å². The van der Waals surface area contributed by atoms with E-state index in [-0.39, 0.29) is 18.4 Å². The molecule has 0 aromatic heterocycles. The van der Waals surface area contributed by atoms with Crippen molar-refractivity contribution in [1.29, 1.82) is 0 Å². The molecule has 0 saturated carbocycles. The maximum Gasteiger partial charge on any atom is 0.305 e. The van der Waals surface area contributed by atoms with Gasteiger partial charge in [-0.2, -0.15) is 0 Å². The molecule has 0 fully saturated rings. The molecule has 78 valence electrons. The molecule has 0 aliphatic rings. The SMILES string of the molecule is COC(=O)CCC(N)C(OC)OC. The van der Waals surface area contributed by atoms with Crippen molar-refractivity contribution in [3.05, 3.63) is 0 Å². The van der Waals surface area contributed by atoms with Crippen molar-refractivity contribution in [3.63, 3.8) is 0 Å². The zero-order valence-electron chi connectivity index (χ0n) is 8.28. The molecule has 1 atom stereocenters. The van der Waals surface area contributed by atoms with Gasteiger partial charge in [-0.3, -0.25) is 4.79 Å². The number of ether oxygens (including phenoxy) is 3. The van der Waals surface area contributed by atoms with E-state index in [1.807, 2.05) is 0 Å². The van der Waals surface area contributed by atoms with Gasteiger partial charge in [0.25, 0.3) is 0 Å². The molecule has 0 saturated heterocycles. The van der Waals surface area contributed by atoms with Gasteiger partial charge in [-0.25, -0.2) is 0 Å². The fourth-order valence-electron chi connectivity index (χ4n) is 0.968. The summed E-state index contributed by atoms with van der Waals surface area (Å²) < 4.78 is 14.3. The molecule has 2 N–H and O–H groups in total. The van der Waals surface area contributed by atoms with Crippen molar-refractivity contribution >= 4 is 5.97 Å². The van der Waals surface area contributed by atoms with E-state index < -0.39 is 6.29 Å². The number of nitrogens with two attached hydrogens (primary N) is 1. The van der Waals surface area contributed by atoms with Gasteiger partial charge in [0.05, 0.1) is 13.2 Å². The first-order chi connectivity index (χ1) is 6.15. The molecular formula is C8H17NO4. The molecule has 0 rings (SSSR count). The zero-order chi connectivity index (χ0) is 10.3. The number of rotatable bonds is 6. The van der Waals surface area contributed by atoms with E-state index in [2.05, 4.69) is 4.74 Å². The minimum atomic E-state index is -0.468. The Morgan fingerprint density at radius 2 is 1.85 bits per heavy atom. The summed E-state index contributed by atoms with van der Waals surface area (Å²) in [5.74, 6) is -0.276. The molecule has 5 heteroatoms. The van der Waals surface area contributed by atoms with Gasteiger partial charge < -0.3 is 19.9 Å². The summed E-state index contributed by atoms with van der Waals surface area (Å²) >= 11 is 0. The number of hydrogen-bond acceptors (Lipinski definition) is 5. The molecule has 0 heterocycles. The normalized spacial score (nSPS) is 13.0. The average Bonchev–Trinajstić information content (AvgIpc) is 2.16. The maximum atomic E-state index is 10.8. The fraction of sp³-hybridized carbons (Fsp3) is 0.875. The van der Waals surface area contributed by atoms with Crippen LogP contribution in [0.2, 0.25) is 0 Å². The molecule has 0 aromatic rings. The Balaban J connectivity index is 3.71. The zero-order valence-corrected chi connectivity index (χ0v) is 8.28. The number of methoxy groups -OCH3 is 3. The van der Waals surface area contributed by atoms with Gasteiger partial charge in [0.1, 0.15) is 0 Å². The Labute approximate surface area is 78.1 Å². The predicted octanol–water partition coefficient (Wildman–Crippen LogP) is -0.114. The summed E-state index contributed by atoms with van der Waals surface area (Å²) in [7, 11) is 4.36. The molecule has 0 amide bonds. The molecule has 5 nitrogen and oxygen atoms in total. The number of hydrogen-bond donors (Lipinski definition) is 1. The second-order valence-electron chi connectivity index (χ2n) is 2.62. The van der Waals surface area contributed by atoms with Gasteiger partial charge in [0.2, 0.25) is 0 Å². The lowest BCUT2D eigenvalue weighted by Gasteiger charge is -2.20. The Kier molecular flexibility index (Phi) is 6.48. The van der Waals surface area contributed by atoms with Gasteiger partial charge in [0.15, 0.2) is 6.29 Å². The van der Waals surface area contributed by atoms with E-state index in [9.17, 15) is 4.79 Å². The van der Waals surface area contributed by atoms with Crippen LogP contribution >= 0.6 is 0 Å². The molecule has 1 unspecified atom stereocenters. The minimum absolute atomic E-state index is 0.276. The van der Waals surface area contributed by atoms with Crippen LogP contribution in [0.3, 0.4) is 0 Å². The van der Waals surface area contributed by atoms with E-state index in [1.54, 1.807) is 0 Å². The Bertz CT molecular complexity index is 147. The van der Waals surface area contributed by atoms with E-state index in [4.69, 9.17) is 15.2 Å². The highest BCUT2D eigenvalue weighted by atomic mass is 16.7. The van der Waals surface area contributed by atoms with E-state index in [0.717, 1.165) is 0 Å². The highest BCUT2D eigenvalue weighted by Crippen LogP contribution is 2.04. The number of carbonyl (C=O) groups is 1. The van der Waals surface area contributed by atoms with Crippen molar-refractivity contribution in [3.8, 4) is 0 Å². The summed E-state index contributed by atoms with van der Waals surface area (Å²) in [4.78, 5) is 10.8. The van der Waals surface area contributed by atoms with Crippen LogP contribution in [0.5, 0.6) is 0 Å². The van der Waals surface area contributed by atoms with Gasteiger partial charge in [-0.1, -0.05) is 0 Å². The Hall–Kier alpha value is -0.650. The van der Waals surface area contributed by atoms with E-state index in [0.29, 0.717) is 6.42 Å². The largest absolute Gasteiger partial charge is 0.469 e. The molecule has 0 aliphatic carbocycles. The molecule has 13 heavy (non-hydrogen) atoms. The monoisotopic (exact) mass is 191 g/mol. The molecule has 0 bridgehead atoms. The van der Waals surface area contributed by atoms with Gasteiger partial charge >= 0.3 is 5.97 Å². The smallest absolute Gasteiger partial charge is 0.305 e. The van der Waals surface area contributed by atoms with Crippen LogP contribution in [0.15, 0.2) is 0 Å². The minimum Gasteiger partial charge on any atom is -0.469 e. The quantitative estimate of drug-likeness (QED) is 0.468.